The molecule has 0 saturated heterocycles. The second kappa shape index (κ2) is 3.56. The highest BCUT2D eigenvalue weighted by Gasteiger charge is 2.14. The summed E-state index contributed by atoms with van der Waals surface area (Å²) in [6.45, 7) is 0. The molecule has 1 radical (unpaired) electrons. The van der Waals surface area contributed by atoms with Crippen LogP contribution in [0.4, 0.5) is 0 Å². The first-order chi connectivity index (χ1) is 5.75. The van der Waals surface area contributed by atoms with E-state index < -0.39 is 5.91 Å². The minimum atomic E-state index is -0.938. The summed E-state index contributed by atoms with van der Waals surface area (Å²) in [6.07, 6.45) is 1.39. The summed E-state index contributed by atoms with van der Waals surface area (Å²) in [5.74, 6) is -0.705. The zero-order chi connectivity index (χ0) is 8.97. The normalized spacial score (nSPS) is 11.2. The molecule has 1 N–H and O–H groups in total. The number of hydrogen-bond donors (Lipinski definition) is 0. The van der Waals surface area contributed by atoms with Gasteiger partial charge in [0.25, 0.3) is 5.91 Å². The second-order valence-electron chi connectivity index (χ2n) is 1.93. The maximum absolute atomic E-state index is 10.6. The molecule has 63 valence electrons. The smallest absolute Gasteiger partial charge is 0.295 e. The van der Waals surface area contributed by atoms with Crippen molar-refractivity contribution in [2.24, 2.45) is 5.16 Å². The van der Waals surface area contributed by atoms with Crippen molar-refractivity contribution in [2.75, 3.05) is 7.11 Å². The second-order valence-corrected chi connectivity index (χ2v) is 1.93. The Morgan fingerprint density at radius 3 is 2.92 bits per heavy atom. The number of oxime groups is 1. The van der Waals surface area contributed by atoms with Crippen LogP contribution in [0.1, 0.15) is 5.76 Å². The van der Waals surface area contributed by atoms with Crippen LogP contribution in [0.25, 0.3) is 0 Å². The van der Waals surface area contributed by atoms with E-state index in [0.717, 1.165) is 0 Å². The Labute approximate surface area is 68.8 Å². The molecule has 12 heavy (non-hydrogen) atoms. The molecular formula is C7H7N2O3. The summed E-state index contributed by atoms with van der Waals surface area (Å²) in [7, 11) is 1.30. The summed E-state index contributed by atoms with van der Waals surface area (Å²) >= 11 is 0. The highest BCUT2D eigenvalue weighted by Crippen LogP contribution is 2.02. The van der Waals surface area contributed by atoms with E-state index in [9.17, 15) is 4.79 Å². The van der Waals surface area contributed by atoms with Gasteiger partial charge < -0.3 is 9.25 Å². The van der Waals surface area contributed by atoms with E-state index in [4.69, 9.17) is 10.2 Å². The topological polar surface area (TPSA) is 75.6 Å². The summed E-state index contributed by atoms with van der Waals surface area (Å²) in [5, 5.41) is 3.35. The lowest BCUT2D eigenvalue weighted by Crippen LogP contribution is -2.15. The maximum atomic E-state index is 10.6. The van der Waals surface area contributed by atoms with Crippen molar-refractivity contribution in [2.45, 2.75) is 0 Å². The number of amides is 1. The average molecular weight is 167 g/mol. The molecule has 1 rings (SSSR count). The first-order valence-electron chi connectivity index (χ1n) is 3.16. The Bertz CT molecular complexity index is 290. The van der Waals surface area contributed by atoms with Gasteiger partial charge in [-0.1, -0.05) is 5.16 Å². The first kappa shape index (κ1) is 8.32. The quantitative estimate of drug-likeness (QED) is 0.484. The van der Waals surface area contributed by atoms with Crippen LogP contribution in [0.5, 0.6) is 0 Å². The average Bonchev–Trinajstić information content (AvgIpc) is 2.51. The number of nitrogens with one attached hydrogen (secondary N) is 1. The fourth-order valence-corrected chi connectivity index (χ4v) is 0.703. The molecule has 1 heterocycles. The molecule has 0 saturated carbocycles. The minimum Gasteiger partial charge on any atom is -0.462 e. The number of furan rings is 1. The van der Waals surface area contributed by atoms with Gasteiger partial charge in [-0.05, 0) is 12.1 Å². The lowest BCUT2D eigenvalue weighted by atomic mass is 10.3. The van der Waals surface area contributed by atoms with Crippen LogP contribution in [0.2, 0.25) is 0 Å². The fraction of sp³-hybridized carbons (Fsp3) is 0.143. The molecule has 0 spiro atoms. The van der Waals surface area contributed by atoms with Crippen molar-refractivity contribution in [3.8, 4) is 0 Å². The van der Waals surface area contributed by atoms with Crippen LogP contribution < -0.4 is 5.73 Å². The van der Waals surface area contributed by atoms with Gasteiger partial charge in [-0.15, -0.1) is 0 Å². The maximum Gasteiger partial charge on any atom is 0.295 e. The highest BCUT2D eigenvalue weighted by molar-refractivity contribution is 6.43. The van der Waals surface area contributed by atoms with Gasteiger partial charge in [0.05, 0.1) is 6.26 Å². The van der Waals surface area contributed by atoms with Gasteiger partial charge in [-0.25, -0.2) is 0 Å². The third-order valence-corrected chi connectivity index (χ3v) is 1.15. The zero-order valence-corrected chi connectivity index (χ0v) is 6.40. The zero-order valence-electron chi connectivity index (χ0n) is 6.40. The largest absolute Gasteiger partial charge is 0.462 e. The van der Waals surface area contributed by atoms with E-state index in [1.807, 2.05) is 0 Å². The molecule has 1 aromatic rings. The molecule has 0 unspecified atom stereocenters. The van der Waals surface area contributed by atoms with E-state index in [-0.39, 0.29) is 11.5 Å². The Kier molecular flexibility index (Phi) is 2.47. The number of nitrogens with zero attached hydrogens (tertiary/aromatic N) is 1. The van der Waals surface area contributed by atoms with Gasteiger partial charge in [-0.2, -0.15) is 0 Å². The molecule has 0 aliphatic rings. The summed E-state index contributed by atoms with van der Waals surface area (Å²) < 4.78 is 4.86. The van der Waals surface area contributed by atoms with E-state index >= 15 is 0 Å². The van der Waals surface area contributed by atoms with E-state index in [1.54, 1.807) is 6.07 Å². The van der Waals surface area contributed by atoms with Gasteiger partial charge in [0.15, 0.2) is 5.76 Å². The fourth-order valence-electron chi connectivity index (χ4n) is 0.703. The van der Waals surface area contributed by atoms with Gasteiger partial charge >= 0.3 is 0 Å². The molecule has 1 aromatic heterocycles. The first-order valence-corrected chi connectivity index (χ1v) is 3.16. The number of carbonyl (C=O) groups is 1. The summed E-state index contributed by atoms with van der Waals surface area (Å²) in [6, 6.07) is 3.13. The molecule has 0 bridgehead atoms. The Hall–Kier alpha value is -1.78. The summed E-state index contributed by atoms with van der Waals surface area (Å²) in [5.41, 5.74) is 6.67. The Balaban J connectivity index is 2.96. The number of rotatable bonds is 3. The van der Waals surface area contributed by atoms with Crippen molar-refractivity contribution >= 4 is 11.6 Å². The van der Waals surface area contributed by atoms with Crippen LogP contribution in [0, 0.1) is 0 Å². The molecule has 0 atom stereocenters. The standard InChI is InChI=1S/C7H7N2O3/c1-11-9-6(7(8)10)5-3-2-4-12-5/h2-4,8H,1H3/b9-6-. The van der Waals surface area contributed by atoms with Gasteiger partial charge in [0.2, 0.25) is 5.71 Å². The van der Waals surface area contributed by atoms with Crippen molar-refractivity contribution < 1.29 is 14.0 Å². The Morgan fingerprint density at radius 2 is 2.50 bits per heavy atom. The molecule has 5 heteroatoms. The molecule has 1 amide bonds. The van der Waals surface area contributed by atoms with Crippen LogP contribution in [0.15, 0.2) is 28.0 Å². The highest BCUT2D eigenvalue weighted by atomic mass is 16.6. The lowest BCUT2D eigenvalue weighted by molar-refractivity contribution is -0.112. The number of carbonyl (C=O) groups excluding carboxylic acids is 1. The molecular weight excluding hydrogens is 160 g/mol. The molecule has 0 aromatic carbocycles. The van der Waals surface area contributed by atoms with Crippen LogP contribution in [-0.4, -0.2) is 18.7 Å². The Morgan fingerprint density at radius 1 is 1.75 bits per heavy atom. The van der Waals surface area contributed by atoms with Crippen molar-refractivity contribution in [3.63, 3.8) is 0 Å². The third kappa shape index (κ3) is 1.63. The predicted octanol–water partition coefficient (Wildman–Crippen LogP) is 0.440. The van der Waals surface area contributed by atoms with Crippen molar-refractivity contribution in [3.05, 3.63) is 24.2 Å². The van der Waals surface area contributed by atoms with Crippen molar-refractivity contribution in [1.82, 2.24) is 5.73 Å². The minimum absolute atomic E-state index is 0.137. The third-order valence-electron chi connectivity index (χ3n) is 1.15. The van der Waals surface area contributed by atoms with Crippen molar-refractivity contribution in [1.29, 1.82) is 0 Å². The van der Waals surface area contributed by atoms with Crippen LogP contribution >= 0.6 is 0 Å². The van der Waals surface area contributed by atoms with Gasteiger partial charge in [0.1, 0.15) is 7.11 Å². The van der Waals surface area contributed by atoms with Crippen LogP contribution in [-0.2, 0) is 9.63 Å². The lowest BCUT2D eigenvalue weighted by Gasteiger charge is -1.94. The molecule has 0 fully saturated rings. The molecule has 5 nitrogen and oxygen atoms in total. The SMILES string of the molecule is CO/N=C(\C([NH])=O)c1ccco1. The molecule has 0 aliphatic heterocycles. The monoisotopic (exact) mass is 167 g/mol. The van der Waals surface area contributed by atoms with E-state index in [1.165, 1.54) is 19.4 Å². The van der Waals surface area contributed by atoms with E-state index in [0.29, 0.717) is 0 Å². The van der Waals surface area contributed by atoms with Crippen LogP contribution in [0.3, 0.4) is 0 Å². The predicted molar refractivity (Wildman–Crippen MR) is 40.4 cm³/mol. The van der Waals surface area contributed by atoms with Gasteiger partial charge in [-0.3, -0.25) is 10.5 Å². The van der Waals surface area contributed by atoms with Gasteiger partial charge in [0, 0.05) is 0 Å². The number of hydrogen-bond acceptors (Lipinski definition) is 4. The van der Waals surface area contributed by atoms with E-state index in [2.05, 4.69) is 9.99 Å². The summed E-state index contributed by atoms with van der Waals surface area (Å²) in [4.78, 5) is 15.0. The molecule has 0 aliphatic carbocycles.